The van der Waals surface area contributed by atoms with Crippen LogP contribution in [-0.4, -0.2) is 45.9 Å². The molecule has 0 aliphatic heterocycles. The molecule has 0 unspecified atom stereocenters. The van der Waals surface area contributed by atoms with Gasteiger partial charge in [-0.25, -0.2) is 0 Å². The van der Waals surface area contributed by atoms with Crippen LogP contribution in [0.2, 0.25) is 0 Å². The van der Waals surface area contributed by atoms with Crippen molar-refractivity contribution in [1.29, 1.82) is 0 Å². The van der Waals surface area contributed by atoms with Crippen molar-refractivity contribution in [1.82, 2.24) is 9.55 Å². The maximum Gasteiger partial charge on any atom is 0.235 e. The van der Waals surface area contributed by atoms with Crippen LogP contribution in [0.3, 0.4) is 0 Å². The highest BCUT2D eigenvalue weighted by atomic mass is 16.5. The second-order valence-corrected chi connectivity index (χ2v) is 7.29. The maximum atomic E-state index is 13.5. The minimum Gasteiger partial charge on any atom is -0.503 e. The summed E-state index contributed by atoms with van der Waals surface area (Å²) in [5.74, 6) is -0.529. The first-order valence-electron chi connectivity index (χ1n) is 10.3. The third-order valence-electron chi connectivity index (χ3n) is 5.10. The number of aromatic nitrogens is 2. The normalized spacial score (nSPS) is 10.9. The van der Waals surface area contributed by atoms with Gasteiger partial charge in [-0.2, -0.15) is 0 Å². The predicted molar refractivity (Wildman–Crippen MR) is 118 cm³/mol. The minimum atomic E-state index is -0.456. The van der Waals surface area contributed by atoms with Crippen LogP contribution in [0.1, 0.15) is 41.3 Å². The topological polar surface area (TPSA) is 93.8 Å². The molecule has 164 valence electrons. The number of ketones is 1. The number of hydrogen-bond donors (Lipinski definition) is 2. The van der Waals surface area contributed by atoms with Crippen LogP contribution in [-0.2, 0) is 11.3 Å². The van der Waals surface area contributed by atoms with E-state index in [0.29, 0.717) is 35.8 Å². The lowest BCUT2D eigenvalue weighted by Gasteiger charge is -2.12. The van der Waals surface area contributed by atoms with Gasteiger partial charge in [0.1, 0.15) is 5.75 Å². The zero-order valence-corrected chi connectivity index (χ0v) is 18.1. The molecule has 1 aromatic carbocycles. The van der Waals surface area contributed by atoms with Gasteiger partial charge >= 0.3 is 0 Å². The number of aryl methyl sites for hydroxylation is 1. The fourth-order valence-electron chi connectivity index (χ4n) is 3.46. The molecule has 0 fully saturated rings. The monoisotopic (exact) mass is 424 g/mol. The summed E-state index contributed by atoms with van der Waals surface area (Å²) in [7, 11) is 1.55. The van der Waals surface area contributed by atoms with Crippen LogP contribution in [0, 0.1) is 6.92 Å². The van der Waals surface area contributed by atoms with Crippen molar-refractivity contribution < 1.29 is 24.5 Å². The largest absolute Gasteiger partial charge is 0.503 e. The van der Waals surface area contributed by atoms with Crippen molar-refractivity contribution in [2.24, 2.45) is 0 Å². The number of unbranched alkanes of at least 4 members (excludes halogenated alkanes) is 1. The Morgan fingerprint density at radius 3 is 2.65 bits per heavy atom. The molecule has 0 aliphatic carbocycles. The Bertz CT molecular complexity index is 1040. The van der Waals surface area contributed by atoms with Crippen LogP contribution < -0.4 is 4.74 Å². The SMILES string of the molecule is CCCCOc1ccc(C(=O)c2c(O)c(O)n(CCOC)c2-c2cccnc2)c(C)c1. The van der Waals surface area contributed by atoms with Crippen LogP contribution in [0.15, 0.2) is 42.7 Å². The van der Waals surface area contributed by atoms with Crippen molar-refractivity contribution in [3.63, 3.8) is 0 Å². The molecule has 0 bridgehead atoms. The van der Waals surface area contributed by atoms with E-state index in [1.165, 1.54) is 4.57 Å². The van der Waals surface area contributed by atoms with E-state index < -0.39 is 5.75 Å². The fraction of sp³-hybridized carbons (Fsp3) is 0.333. The molecule has 2 N–H and O–H groups in total. The molecule has 7 heteroatoms. The number of aromatic hydroxyl groups is 2. The summed E-state index contributed by atoms with van der Waals surface area (Å²) in [6, 6.07) is 8.76. The maximum absolute atomic E-state index is 13.5. The number of pyridine rings is 1. The standard InChI is InChI=1S/C24H28N2O5/c1-4-5-12-31-18-8-9-19(16(2)14-18)22(27)20-21(17-7-6-10-25-15-17)26(11-13-30-3)24(29)23(20)28/h6-10,14-15,28-29H,4-5,11-13H2,1-3H3. The van der Waals surface area contributed by atoms with E-state index >= 15 is 0 Å². The lowest BCUT2D eigenvalue weighted by Crippen LogP contribution is -2.09. The van der Waals surface area contributed by atoms with Gasteiger partial charge in [0.15, 0.2) is 11.5 Å². The molecule has 2 aromatic heterocycles. The molecular formula is C24H28N2O5. The predicted octanol–water partition coefficient (Wildman–Crippen LogP) is 4.33. The summed E-state index contributed by atoms with van der Waals surface area (Å²) in [6.07, 6.45) is 5.20. The zero-order chi connectivity index (χ0) is 22.4. The second-order valence-electron chi connectivity index (χ2n) is 7.29. The average Bonchev–Trinajstić information content (AvgIpc) is 3.03. The number of carbonyl (C=O) groups is 1. The van der Waals surface area contributed by atoms with Crippen LogP contribution >= 0.6 is 0 Å². The van der Waals surface area contributed by atoms with Gasteiger partial charge < -0.3 is 24.3 Å². The smallest absolute Gasteiger partial charge is 0.235 e. The van der Waals surface area contributed by atoms with Crippen LogP contribution in [0.25, 0.3) is 11.3 Å². The minimum absolute atomic E-state index is 0.0318. The molecule has 0 radical (unpaired) electrons. The van der Waals surface area contributed by atoms with E-state index in [-0.39, 0.29) is 23.8 Å². The molecule has 0 saturated carbocycles. The van der Waals surface area contributed by atoms with Gasteiger partial charge in [0.25, 0.3) is 0 Å². The first kappa shape index (κ1) is 22.4. The first-order chi connectivity index (χ1) is 15.0. The molecule has 7 nitrogen and oxygen atoms in total. The van der Waals surface area contributed by atoms with Crippen molar-refractivity contribution in [2.75, 3.05) is 20.3 Å². The Balaban J connectivity index is 2.07. The Morgan fingerprint density at radius 2 is 2.00 bits per heavy atom. The summed E-state index contributed by atoms with van der Waals surface area (Å²) in [5, 5.41) is 21.3. The number of benzene rings is 1. The Kier molecular flexibility index (Phi) is 7.31. The fourth-order valence-corrected chi connectivity index (χ4v) is 3.46. The van der Waals surface area contributed by atoms with Crippen LogP contribution in [0.5, 0.6) is 17.4 Å². The molecule has 0 atom stereocenters. The summed E-state index contributed by atoms with van der Waals surface area (Å²) in [6.45, 7) is 5.09. The van der Waals surface area contributed by atoms with Crippen molar-refractivity contribution in [3.8, 4) is 28.6 Å². The number of rotatable bonds is 10. The van der Waals surface area contributed by atoms with Crippen molar-refractivity contribution in [3.05, 3.63) is 59.4 Å². The number of hydrogen-bond acceptors (Lipinski definition) is 6. The Morgan fingerprint density at radius 1 is 1.19 bits per heavy atom. The van der Waals surface area contributed by atoms with Crippen molar-refractivity contribution in [2.45, 2.75) is 33.2 Å². The summed E-state index contributed by atoms with van der Waals surface area (Å²) in [5.41, 5.74) is 2.18. The van der Waals surface area contributed by atoms with Crippen LogP contribution in [0.4, 0.5) is 0 Å². The summed E-state index contributed by atoms with van der Waals surface area (Å²) >= 11 is 0. The number of nitrogens with zero attached hydrogens (tertiary/aromatic N) is 2. The molecule has 3 aromatic rings. The lowest BCUT2D eigenvalue weighted by atomic mass is 9.96. The van der Waals surface area contributed by atoms with E-state index in [1.54, 1.807) is 43.8 Å². The van der Waals surface area contributed by atoms with E-state index in [0.717, 1.165) is 18.4 Å². The first-order valence-corrected chi connectivity index (χ1v) is 10.3. The number of ether oxygens (including phenoxy) is 2. The molecular weight excluding hydrogens is 396 g/mol. The number of methoxy groups -OCH3 is 1. The Hall–Kier alpha value is -3.32. The van der Waals surface area contributed by atoms with Gasteiger partial charge in [-0.05, 0) is 49.2 Å². The number of carbonyl (C=O) groups excluding carboxylic acids is 1. The van der Waals surface area contributed by atoms with E-state index in [4.69, 9.17) is 9.47 Å². The van der Waals surface area contributed by atoms with Gasteiger partial charge in [-0.15, -0.1) is 0 Å². The molecule has 3 rings (SSSR count). The van der Waals surface area contributed by atoms with Gasteiger partial charge in [0.2, 0.25) is 5.88 Å². The van der Waals surface area contributed by atoms with E-state index in [1.807, 2.05) is 13.0 Å². The summed E-state index contributed by atoms with van der Waals surface area (Å²) in [4.78, 5) is 17.6. The molecule has 0 amide bonds. The summed E-state index contributed by atoms with van der Waals surface area (Å²) < 4.78 is 12.3. The molecule has 0 saturated heterocycles. The highest BCUT2D eigenvalue weighted by Crippen LogP contribution is 2.42. The third kappa shape index (κ3) is 4.72. The molecule has 31 heavy (non-hydrogen) atoms. The lowest BCUT2D eigenvalue weighted by molar-refractivity contribution is 0.103. The molecule has 0 spiro atoms. The van der Waals surface area contributed by atoms with Crippen molar-refractivity contribution >= 4 is 5.78 Å². The Labute approximate surface area is 181 Å². The molecule has 2 heterocycles. The zero-order valence-electron chi connectivity index (χ0n) is 18.1. The average molecular weight is 424 g/mol. The second kappa shape index (κ2) is 10.1. The quantitative estimate of drug-likeness (QED) is 0.372. The van der Waals surface area contributed by atoms with E-state index in [9.17, 15) is 15.0 Å². The van der Waals surface area contributed by atoms with E-state index in [2.05, 4.69) is 11.9 Å². The van der Waals surface area contributed by atoms with Gasteiger partial charge in [0.05, 0.1) is 24.5 Å². The van der Waals surface area contributed by atoms with Gasteiger partial charge in [-0.3, -0.25) is 9.78 Å². The van der Waals surface area contributed by atoms with Gasteiger partial charge in [-0.1, -0.05) is 13.3 Å². The highest BCUT2D eigenvalue weighted by molar-refractivity contribution is 6.15. The molecule has 0 aliphatic rings. The van der Waals surface area contributed by atoms with Gasteiger partial charge in [0, 0.05) is 37.2 Å². The third-order valence-corrected chi connectivity index (χ3v) is 5.10. The highest BCUT2D eigenvalue weighted by Gasteiger charge is 2.29.